The third-order valence-corrected chi connectivity index (χ3v) is 7.60. The van der Waals surface area contributed by atoms with Gasteiger partial charge in [-0.05, 0) is 68.1 Å². The van der Waals surface area contributed by atoms with Crippen LogP contribution in [0.25, 0.3) is 0 Å². The number of nitrogens with zero attached hydrogens (tertiary/aromatic N) is 1. The summed E-state index contributed by atoms with van der Waals surface area (Å²) < 4.78 is 0. The molecule has 4 fully saturated rings. The van der Waals surface area contributed by atoms with Crippen LogP contribution in [0.3, 0.4) is 0 Å². The van der Waals surface area contributed by atoms with Crippen molar-refractivity contribution in [2.45, 2.75) is 70.6 Å². The van der Waals surface area contributed by atoms with Crippen LogP contribution in [-0.4, -0.2) is 10.9 Å². The van der Waals surface area contributed by atoms with Crippen molar-refractivity contribution in [1.29, 1.82) is 0 Å². The summed E-state index contributed by atoms with van der Waals surface area (Å²) in [5.74, 6) is 1.70. The molecule has 0 radical (unpaired) electrons. The van der Waals surface area contributed by atoms with Gasteiger partial charge in [0.25, 0.3) is 0 Å². The molecule has 0 saturated heterocycles. The number of hydrogen-bond acceptors (Lipinski definition) is 2. The van der Waals surface area contributed by atoms with Crippen molar-refractivity contribution in [2.75, 3.05) is 5.88 Å². The minimum atomic E-state index is 0.410. The zero-order valence-electron chi connectivity index (χ0n) is 13.3. The van der Waals surface area contributed by atoms with Crippen LogP contribution in [0.1, 0.15) is 69.5 Å². The van der Waals surface area contributed by atoms with Crippen molar-refractivity contribution >= 4 is 22.9 Å². The number of hydrogen-bond donors (Lipinski definition) is 0. The van der Waals surface area contributed by atoms with Gasteiger partial charge >= 0.3 is 0 Å². The lowest BCUT2D eigenvalue weighted by molar-refractivity contribution is -0.110. The van der Waals surface area contributed by atoms with Gasteiger partial charge in [-0.3, -0.25) is 0 Å². The Morgan fingerprint density at radius 3 is 2.52 bits per heavy atom. The minimum absolute atomic E-state index is 0.410. The third-order valence-electron chi connectivity index (χ3n) is 6.20. The smallest absolute Gasteiger partial charge is 0.0990 e. The SMILES string of the molecule is CC12CC3CC(C)(C1)CC(c1nc(CCCCl)cs1)(C3)C2. The predicted molar refractivity (Wildman–Crippen MR) is 90.2 cm³/mol. The number of thiazole rings is 1. The molecular formula is C18H26ClNS. The molecule has 3 heteroatoms. The lowest BCUT2D eigenvalue weighted by Crippen LogP contribution is -2.56. The molecule has 4 bridgehead atoms. The van der Waals surface area contributed by atoms with E-state index >= 15 is 0 Å². The van der Waals surface area contributed by atoms with E-state index in [1.807, 2.05) is 11.3 Å². The van der Waals surface area contributed by atoms with E-state index in [0.717, 1.165) is 24.6 Å². The molecule has 0 aliphatic heterocycles. The summed E-state index contributed by atoms with van der Waals surface area (Å²) in [7, 11) is 0. The van der Waals surface area contributed by atoms with Crippen molar-refractivity contribution < 1.29 is 0 Å². The second-order valence-electron chi connectivity index (χ2n) is 8.85. The molecule has 4 saturated carbocycles. The number of aryl methyl sites for hydroxylation is 1. The molecular weight excluding hydrogens is 298 g/mol. The molecule has 0 spiro atoms. The molecule has 1 nitrogen and oxygen atoms in total. The van der Waals surface area contributed by atoms with Crippen molar-refractivity contribution in [3.8, 4) is 0 Å². The van der Waals surface area contributed by atoms with Crippen LogP contribution in [-0.2, 0) is 11.8 Å². The van der Waals surface area contributed by atoms with Crippen molar-refractivity contribution in [3.05, 3.63) is 16.1 Å². The van der Waals surface area contributed by atoms with Crippen LogP contribution in [0.4, 0.5) is 0 Å². The maximum absolute atomic E-state index is 5.83. The van der Waals surface area contributed by atoms with E-state index in [1.54, 1.807) is 0 Å². The molecule has 0 aromatic carbocycles. The second-order valence-corrected chi connectivity index (χ2v) is 10.1. The van der Waals surface area contributed by atoms with Crippen LogP contribution in [0, 0.1) is 16.7 Å². The normalized spacial score (nSPS) is 44.4. The summed E-state index contributed by atoms with van der Waals surface area (Å²) in [6, 6.07) is 0. The van der Waals surface area contributed by atoms with Crippen LogP contribution >= 0.6 is 22.9 Å². The second kappa shape index (κ2) is 4.71. The molecule has 2 atom stereocenters. The van der Waals surface area contributed by atoms with Crippen molar-refractivity contribution in [2.24, 2.45) is 16.7 Å². The zero-order chi connectivity index (χ0) is 14.7. The maximum atomic E-state index is 5.83. The van der Waals surface area contributed by atoms with E-state index < -0.39 is 0 Å². The average molecular weight is 324 g/mol. The predicted octanol–water partition coefficient (Wildman–Crippen LogP) is 5.56. The summed E-state index contributed by atoms with van der Waals surface area (Å²) in [5.41, 5.74) is 2.85. The molecule has 0 amide bonds. The van der Waals surface area contributed by atoms with Crippen LogP contribution in [0.2, 0.25) is 0 Å². The molecule has 0 N–H and O–H groups in total. The molecule has 1 heterocycles. The maximum Gasteiger partial charge on any atom is 0.0990 e. The fraction of sp³-hybridized carbons (Fsp3) is 0.833. The first-order chi connectivity index (χ1) is 9.94. The minimum Gasteiger partial charge on any atom is -0.246 e. The molecule has 1 aromatic heterocycles. The van der Waals surface area contributed by atoms with Gasteiger partial charge in [-0.25, -0.2) is 4.98 Å². The Bertz CT molecular complexity index is 533. The van der Waals surface area contributed by atoms with E-state index in [1.165, 1.54) is 49.2 Å². The summed E-state index contributed by atoms with van der Waals surface area (Å²) in [5, 5.41) is 3.75. The quantitative estimate of drug-likeness (QED) is 0.661. The van der Waals surface area contributed by atoms with E-state index in [9.17, 15) is 0 Å². The van der Waals surface area contributed by atoms with Crippen molar-refractivity contribution in [3.63, 3.8) is 0 Å². The number of alkyl halides is 1. The number of halogens is 1. The molecule has 116 valence electrons. The highest BCUT2D eigenvalue weighted by Gasteiger charge is 2.61. The Morgan fingerprint density at radius 2 is 1.90 bits per heavy atom. The standard InChI is InChI=1S/C18H26ClNS/c1-16-6-13-7-17(2,10-16)12-18(8-13,11-16)15-20-14(9-21-15)4-3-5-19/h9,13H,3-8,10-12H2,1-2H3. The molecule has 1 aromatic rings. The molecule has 21 heavy (non-hydrogen) atoms. The summed E-state index contributed by atoms with van der Waals surface area (Å²) >= 11 is 7.76. The first kappa shape index (κ1) is 14.5. The third kappa shape index (κ3) is 2.37. The Hall–Kier alpha value is -0.0800. The van der Waals surface area contributed by atoms with Crippen LogP contribution in [0.15, 0.2) is 5.38 Å². The highest BCUT2D eigenvalue weighted by molar-refractivity contribution is 7.09. The van der Waals surface area contributed by atoms with Crippen LogP contribution in [0.5, 0.6) is 0 Å². The summed E-state index contributed by atoms with van der Waals surface area (Å²) in [6.45, 7) is 5.10. The molecule has 4 aliphatic rings. The molecule has 2 unspecified atom stereocenters. The van der Waals surface area contributed by atoms with E-state index in [-0.39, 0.29) is 0 Å². The van der Waals surface area contributed by atoms with Gasteiger partial charge in [0.05, 0.1) is 10.7 Å². The fourth-order valence-electron chi connectivity index (χ4n) is 6.60. The highest BCUT2D eigenvalue weighted by atomic mass is 35.5. The summed E-state index contributed by atoms with van der Waals surface area (Å²) in [6.07, 6.45) is 10.7. The van der Waals surface area contributed by atoms with Gasteiger partial charge in [0.1, 0.15) is 0 Å². The van der Waals surface area contributed by atoms with E-state index in [4.69, 9.17) is 16.6 Å². The lowest BCUT2D eigenvalue weighted by Gasteiger charge is -2.64. The Balaban J connectivity index is 1.66. The lowest BCUT2D eigenvalue weighted by atomic mass is 9.40. The van der Waals surface area contributed by atoms with Crippen molar-refractivity contribution in [1.82, 2.24) is 4.98 Å². The Labute approximate surface area is 137 Å². The first-order valence-corrected chi connectivity index (χ1v) is 9.87. The highest BCUT2D eigenvalue weighted by Crippen LogP contribution is 2.70. The van der Waals surface area contributed by atoms with Gasteiger partial charge in [0.15, 0.2) is 0 Å². The van der Waals surface area contributed by atoms with E-state index in [0.29, 0.717) is 16.2 Å². The topological polar surface area (TPSA) is 12.9 Å². The fourth-order valence-corrected chi connectivity index (χ4v) is 7.80. The average Bonchev–Trinajstić information content (AvgIpc) is 2.81. The Kier molecular flexibility index (Phi) is 3.25. The number of aromatic nitrogens is 1. The first-order valence-electron chi connectivity index (χ1n) is 8.45. The van der Waals surface area contributed by atoms with Gasteiger partial charge in [-0.1, -0.05) is 13.8 Å². The Morgan fingerprint density at radius 1 is 1.19 bits per heavy atom. The zero-order valence-corrected chi connectivity index (χ0v) is 14.8. The van der Waals surface area contributed by atoms with E-state index in [2.05, 4.69) is 19.2 Å². The van der Waals surface area contributed by atoms with Gasteiger partial charge < -0.3 is 0 Å². The van der Waals surface area contributed by atoms with Gasteiger partial charge in [0, 0.05) is 16.7 Å². The van der Waals surface area contributed by atoms with Gasteiger partial charge in [-0.15, -0.1) is 22.9 Å². The largest absolute Gasteiger partial charge is 0.246 e. The van der Waals surface area contributed by atoms with Gasteiger partial charge in [-0.2, -0.15) is 0 Å². The molecule has 5 rings (SSSR count). The number of rotatable bonds is 4. The molecule has 4 aliphatic carbocycles. The summed E-state index contributed by atoms with van der Waals surface area (Å²) in [4.78, 5) is 5.06. The van der Waals surface area contributed by atoms with Crippen LogP contribution < -0.4 is 0 Å². The monoisotopic (exact) mass is 323 g/mol. The van der Waals surface area contributed by atoms with Gasteiger partial charge in [0.2, 0.25) is 0 Å².